The first-order valence-electron chi connectivity index (χ1n) is 6.45. The van der Waals surface area contributed by atoms with E-state index < -0.39 is 0 Å². The second-order valence-corrected chi connectivity index (χ2v) is 5.02. The van der Waals surface area contributed by atoms with Crippen LogP contribution in [-0.4, -0.2) is 24.7 Å². The summed E-state index contributed by atoms with van der Waals surface area (Å²) in [6, 6.07) is 0. The van der Waals surface area contributed by atoms with Gasteiger partial charge in [-0.1, -0.05) is 5.16 Å². The van der Waals surface area contributed by atoms with Gasteiger partial charge in [-0.15, -0.1) is 0 Å². The summed E-state index contributed by atoms with van der Waals surface area (Å²) in [7, 11) is 3.83. The summed E-state index contributed by atoms with van der Waals surface area (Å²) in [4.78, 5) is 0. The quantitative estimate of drug-likeness (QED) is 0.718. The molecule has 0 N–H and O–H groups in total. The van der Waals surface area contributed by atoms with Gasteiger partial charge in [0.25, 0.3) is 0 Å². The van der Waals surface area contributed by atoms with E-state index in [1.165, 1.54) is 0 Å². The van der Waals surface area contributed by atoms with E-state index >= 15 is 0 Å². The maximum Gasteiger partial charge on any atom is 0.173 e. The summed E-state index contributed by atoms with van der Waals surface area (Å²) in [5.41, 5.74) is 5.95. The SMILES string of the molecule is Cc1c(-c2cnn(C)c2C)noc1-c1cnn(C)c1C. The summed E-state index contributed by atoms with van der Waals surface area (Å²) in [6.45, 7) is 6.05. The Balaban J connectivity index is 2.14. The Kier molecular flexibility index (Phi) is 2.74. The molecular weight excluding hydrogens is 254 g/mol. The zero-order chi connectivity index (χ0) is 14.4. The molecule has 6 nitrogen and oxygen atoms in total. The van der Waals surface area contributed by atoms with Gasteiger partial charge in [0.1, 0.15) is 5.69 Å². The lowest BCUT2D eigenvalue weighted by Gasteiger charge is -1.99. The van der Waals surface area contributed by atoms with Gasteiger partial charge < -0.3 is 4.52 Å². The molecule has 6 heteroatoms. The maximum atomic E-state index is 5.55. The van der Waals surface area contributed by atoms with Crippen LogP contribution in [-0.2, 0) is 14.1 Å². The molecular formula is C14H17N5O. The molecule has 0 aromatic carbocycles. The molecule has 0 atom stereocenters. The molecule has 0 fully saturated rings. The van der Waals surface area contributed by atoms with Gasteiger partial charge in [0, 0.05) is 36.6 Å². The van der Waals surface area contributed by atoms with Gasteiger partial charge in [0.2, 0.25) is 0 Å². The Labute approximate surface area is 117 Å². The van der Waals surface area contributed by atoms with Crippen LogP contribution >= 0.6 is 0 Å². The van der Waals surface area contributed by atoms with Gasteiger partial charge in [-0.25, -0.2) is 0 Å². The molecule has 0 saturated carbocycles. The average molecular weight is 271 g/mol. The number of aromatic nitrogens is 5. The summed E-state index contributed by atoms with van der Waals surface area (Å²) in [5.74, 6) is 0.772. The van der Waals surface area contributed by atoms with Crippen LogP contribution in [0, 0.1) is 20.8 Å². The van der Waals surface area contributed by atoms with Crippen LogP contribution in [0.3, 0.4) is 0 Å². The molecule has 0 aliphatic rings. The standard InChI is InChI=1S/C14H17N5O/c1-8-13(11-6-15-18(4)9(11)2)17-20-14(8)12-7-16-19(5)10(12)3/h6-7H,1-5H3. The van der Waals surface area contributed by atoms with Gasteiger partial charge in [-0.2, -0.15) is 10.2 Å². The van der Waals surface area contributed by atoms with Crippen LogP contribution in [0.25, 0.3) is 22.6 Å². The normalized spacial score (nSPS) is 11.2. The number of hydrogen-bond acceptors (Lipinski definition) is 4. The lowest BCUT2D eigenvalue weighted by molar-refractivity contribution is 0.434. The molecule has 0 radical (unpaired) electrons. The van der Waals surface area contributed by atoms with E-state index in [1.807, 2.05) is 56.6 Å². The fraction of sp³-hybridized carbons (Fsp3) is 0.357. The highest BCUT2D eigenvalue weighted by Gasteiger charge is 2.20. The predicted molar refractivity (Wildman–Crippen MR) is 75.1 cm³/mol. The fourth-order valence-electron chi connectivity index (χ4n) is 2.29. The van der Waals surface area contributed by atoms with Crippen molar-refractivity contribution >= 4 is 0 Å². The van der Waals surface area contributed by atoms with Crippen LogP contribution < -0.4 is 0 Å². The first-order chi connectivity index (χ1) is 9.50. The number of hydrogen-bond donors (Lipinski definition) is 0. The van der Waals surface area contributed by atoms with Crippen LogP contribution in [0.15, 0.2) is 16.9 Å². The van der Waals surface area contributed by atoms with Crippen molar-refractivity contribution in [3.8, 4) is 22.6 Å². The van der Waals surface area contributed by atoms with Crippen LogP contribution in [0.5, 0.6) is 0 Å². The number of nitrogens with zero attached hydrogens (tertiary/aromatic N) is 5. The van der Waals surface area contributed by atoms with Crippen molar-refractivity contribution < 1.29 is 4.52 Å². The third-order valence-electron chi connectivity index (χ3n) is 3.89. The van der Waals surface area contributed by atoms with Crippen molar-refractivity contribution in [1.82, 2.24) is 24.7 Å². The summed E-state index contributed by atoms with van der Waals surface area (Å²) in [5, 5.41) is 12.7. The van der Waals surface area contributed by atoms with E-state index in [0.717, 1.165) is 39.5 Å². The lowest BCUT2D eigenvalue weighted by atomic mass is 10.0. The van der Waals surface area contributed by atoms with Gasteiger partial charge in [-0.05, 0) is 20.8 Å². The Hall–Kier alpha value is -2.37. The maximum absolute atomic E-state index is 5.55. The van der Waals surface area contributed by atoms with Crippen molar-refractivity contribution in [2.75, 3.05) is 0 Å². The first-order valence-corrected chi connectivity index (χ1v) is 6.45. The van der Waals surface area contributed by atoms with Gasteiger partial charge >= 0.3 is 0 Å². The van der Waals surface area contributed by atoms with Crippen molar-refractivity contribution in [2.45, 2.75) is 20.8 Å². The van der Waals surface area contributed by atoms with E-state index in [1.54, 1.807) is 0 Å². The largest absolute Gasteiger partial charge is 0.355 e. The predicted octanol–water partition coefficient (Wildman–Crippen LogP) is 2.40. The van der Waals surface area contributed by atoms with Crippen molar-refractivity contribution in [1.29, 1.82) is 0 Å². The minimum Gasteiger partial charge on any atom is -0.355 e. The van der Waals surface area contributed by atoms with E-state index in [-0.39, 0.29) is 0 Å². The van der Waals surface area contributed by atoms with Crippen molar-refractivity contribution in [3.63, 3.8) is 0 Å². The number of rotatable bonds is 2. The molecule has 0 spiro atoms. The second kappa shape index (κ2) is 4.33. The summed E-state index contributed by atoms with van der Waals surface area (Å²) >= 11 is 0. The molecule has 0 aliphatic carbocycles. The van der Waals surface area contributed by atoms with E-state index in [9.17, 15) is 0 Å². The second-order valence-electron chi connectivity index (χ2n) is 5.02. The summed E-state index contributed by atoms with van der Waals surface area (Å²) < 4.78 is 9.21. The topological polar surface area (TPSA) is 61.7 Å². The highest BCUT2D eigenvalue weighted by Crippen LogP contribution is 2.33. The highest BCUT2D eigenvalue weighted by molar-refractivity contribution is 5.73. The molecule has 3 heterocycles. The Morgan fingerprint density at radius 1 is 0.900 bits per heavy atom. The zero-order valence-corrected chi connectivity index (χ0v) is 12.3. The van der Waals surface area contributed by atoms with E-state index in [4.69, 9.17) is 4.52 Å². The van der Waals surface area contributed by atoms with E-state index in [0.29, 0.717) is 0 Å². The highest BCUT2D eigenvalue weighted by atomic mass is 16.5. The third-order valence-corrected chi connectivity index (χ3v) is 3.89. The zero-order valence-electron chi connectivity index (χ0n) is 12.3. The first kappa shape index (κ1) is 12.7. The Morgan fingerprint density at radius 3 is 1.95 bits per heavy atom. The Morgan fingerprint density at radius 2 is 1.45 bits per heavy atom. The molecule has 3 rings (SSSR count). The van der Waals surface area contributed by atoms with Crippen LogP contribution in [0.2, 0.25) is 0 Å². The number of aryl methyl sites for hydroxylation is 2. The van der Waals surface area contributed by atoms with Crippen molar-refractivity contribution in [2.24, 2.45) is 14.1 Å². The van der Waals surface area contributed by atoms with E-state index in [2.05, 4.69) is 15.4 Å². The minimum atomic E-state index is 0.772. The molecule has 0 bridgehead atoms. The third kappa shape index (κ3) is 1.68. The van der Waals surface area contributed by atoms with Gasteiger partial charge in [0.05, 0.1) is 18.0 Å². The molecule has 0 aliphatic heterocycles. The van der Waals surface area contributed by atoms with Gasteiger partial charge in [0.15, 0.2) is 5.76 Å². The minimum absolute atomic E-state index is 0.772. The molecule has 0 saturated heterocycles. The molecule has 0 amide bonds. The average Bonchev–Trinajstić information content (AvgIpc) is 3.04. The monoisotopic (exact) mass is 271 g/mol. The van der Waals surface area contributed by atoms with Crippen molar-refractivity contribution in [3.05, 3.63) is 29.3 Å². The smallest absolute Gasteiger partial charge is 0.173 e. The lowest BCUT2D eigenvalue weighted by Crippen LogP contribution is -1.93. The molecule has 3 aromatic rings. The molecule has 3 aromatic heterocycles. The molecule has 0 unspecified atom stereocenters. The molecule has 20 heavy (non-hydrogen) atoms. The summed E-state index contributed by atoms with van der Waals surface area (Å²) in [6.07, 6.45) is 3.63. The molecule has 104 valence electrons. The van der Waals surface area contributed by atoms with Crippen LogP contribution in [0.1, 0.15) is 17.0 Å². The Bertz CT molecular complexity index is 714. The fourth-order valence-corrected chi connectivity index (χ4v) is 2.29. The van der Waals surface area contributed by atoms with Crippen LogP contribution in [0.4, 0.5) is 0 Å². The van der Waals surface area contributed by atoms with Gasteiger partial charge in [-0.3, -0.25) is 9.36 Å².